The van der Waals surface area contributed by atoms with Gasteiger partial charge in [0.2, 0.25) is 5.91 Å². The van der Waals surface area contributed by atoms with E-state index >= 15 is 0 Å². The number of piperazine rings is 1. The summed E-state index contributed by atoms with van der Waals surface area (Å²) < 4.78 is 0. The number of carbonyl (C=O) groups is 2. The number of nitrogens with zero attached hydrogens (tertiary/aromatic N) is 3. The minimum Gasteiger partial charge on any atom is -0.341 e. The second kappa shape index (κ2) is 10.7. The molecule has 2 heterocycles. The van der Waals surface area contributed by atoms with E-state index in [1.807, 2.05) is 51.9 Å². The van der Waals surface area contributed by atoms with Crippen LogP contribution in [0, 0.1) is 0 Å². The number of rotatable bonds is 5. The number of amides is 3. The van der Waals surface area contributed by atoms with Crippen molar-refractivity contribution >= 4 is 29.4 Å². The lowest BCUT2D eigenvalue weighted by Crippen LogP contribution is -2.49. The number of hydrogen-bond acceptors (Lipinski definition) is 4. The topological polar surface area (TPSA) is 55.9 Å². The molecule has 1 N–H and O–H groups in total. The molecule has 2 fully saturated rings. The molecule has 6 nitrogen and oxygen atoms in total. The van der Waals surface area contributed by atoms with E-state index < -0.39 is 0 Å². The Bertz CT molecular complexity index is 861. The predicted octanol–water partition coefficient (Wildman–Crippen LogP) is 3.15. The average molecular weight is 439 g/mol. The summed E-state index contributed by atoms with van der Waals surface area (Å²) in [6.45, 7) is 5.80. The molecule has 31 heavy (non-hydrogen) atoms. The molecule has 0 atom stereocenters. The lowest BCUT2D eigenvalue weighted by molar-refractivity contribution is -0.130. The van der Waals surface area contributed by atoms with E-state index in [4.69, 9.17) is 0 Å². The van der Waals surface area contributed by atoms with Gasteiger partial charge in [-0.3, -0.25) is 9.69 Å². The van der Waals surface area contributed by atoms with E-state index in [9.17, 15) is 9.59 Å². The molecule has 0 unspecified atom stereocenters. The minimum absolute atomic E-state index is 0.0611. The van der Waals surface area contributed by atoms with Gasteiger partial charge in [0.15, 0.2) is 0 Å². The third kappa shape index (κ3) is 6.24. The summed E-state index contributed by atoms with van der Waals surface area (Å²) >= 11 is 1.90. The van der Waals surface area contributed by atoms with Crippen molar-refractivity contribution in [3.8, 4) is 0 Å². The van der Waals surface area contributed by atoms with Crippen LogP contribution in [0.5, 0.6) is 0 Å². The Balaban J connectivity index is 1.22. The van der Waals surface area contributed by atoms with Gasteiger partial charge in [0, 0.05) is 63.0 Å². The van der Waals surface area contributed by atoms with Gasteiger partial charge in [-0.2, -0.15) is 11.8 Å². The highest BCUT2D eigenvalue weighted by molar-refractivity contribution is 7.99. The first-order chi connectivity index (χ1) is 15.2. The number of hydrogen-bond donors (Lipinski definition) is 1. The lowest BCUT2D eigenvalue weighted by Gasteiger charge is -2.34. The van der Waals surface area contributed by atoms with Crippen LogP contribution in [0.2, 0.25) is 0 Å². The van der Waals surface area contributed by atoms with Crippen molar-refractivity contribution in [2.45, 2.75) is 13.0 Å². The Hall–Kier alpha value is -2.51. The van der Waals surface area contributed by atoms with Gasteiger partial charge in [-0.05, 0) is 23.3 Å². The number of anilines is 1. The largest absolute Gasteiger partial charge is 0.341 e. The van der Waals surface area contributed by atoms with Crippen LogP contribution in [0.1, 0.15) is 11.1 Å². The van der Waals surface area contributed by atoms with Crippen LogP contribution < -0.4 is 5.32 Å². The molecule has 0 aliphatic carbocycles. The second-order valence-electron chi connectivity index (χ2n) is 8.05. The van der Waals surface area contributed by atoms with Crippen LogP contribution in [0.4, 0.5) is 10.5 Å². The Morgan fingerprint density at radius 3 is 2.13 bits per heavy atom. The molecule has 0 saturated carbocycles. The lowest BCUT2D eigenvalue weighted by atomic mass is 10.1. The van der Waals surface area contributed by atoms with Crippen molar-refractivity contribution < 1.29 is 9.59 Å². The summed E-state index contributed by atoms with van der Waals surface area (Å²) in [5.74, 6) is 2.24. The van der Waals surface area contributed by atoms with E-state index in [0.717, 1.165) is 68.6 Å². The highest BCUT2D eigenvalue weighted by atomic mass is 32.2. The second-order valence-corrected chi connectivity index (χ2v) is 9.27. The first kappa shape index (κ1) is 21.7. The molecule has 0 radical (unpaired) electrons. The van der Waals surface area contributed by atoms with Gasteiger partial charge >= 0.3 is 6.03 Å². The summed E-state index contributed by atoms with van der Waals surface area (Å²) in [5, 5.41) is 2.99. The van der Waals surface area contributed by atoms with Crippen molar-refractivity contribution in [3.05, 3.63) is 65.7 Å². The number of carbonyl (C=O) groups excluding carboxylic acids is 2. The smallest absolute Gasteiger partial charge is 0.321 e. The van der Waals surface area contributed by atoms with Crippen LogP contribution in [0.3, 0.4) is 0 Å². The maximum absolute atomic E-state index is 12.6. The fraction of sp³-hybridized carbons (Fsp3) is 0.417. The van der Waals surface area contributed by atoms with Gasteiger partial charge in [-0.15, -0.1) is 0 Å². The van der Waals surface area contributed by atoms with E-state index in [-0.39, 0.29) is 11.9 Å². The highest BCUT2D eigenvalue weighted by Crippen LogP contribution is 2.15. The highest BCUT2D eigenvalue weighted by Gasteiger charge is 2.21. The fourth-order valence-electron chi connectivity index (χ4n) is 3.96. The van der Waals surface area contributed by atoms with Crippen LogP contribution >= 0.6 is 11.8 Å². The van der Waals surface area contributed by atoms with Crippen molar-refractivity contribution in [1.29, 1.82) is 0 Å². The SMILES string of the molecule is O=C(Cc1ccc(NC(=O)N2CCN(Cc3ccccc3)CC2)cc1)N1CCSCC1. The van der Waals surface area contributed by atoms with Crippen LogP contribution in [0.15, 0.2) is 54.6 Å². The fourth-order valence-corrected chi connectivity index (χ4v) is 4.86. The molecule has 0 spiro atoms. The van der Waals surface area contributed by atoms with Crippen molar-refractivity contribution in [3.63, 3.8) is 0 Å². The molecule has 2 aliphatic heterocycles. The van der Waals surface area contributed by atoms with Gasteiger partial charge < -0.3 is 15.1 Å². The van der Waals surface area contributed by atoms with E-state index in [2.05, 4.69) is 34.5 Å². The van der Waals surface area contributed by atoms with Crippen LogP contribution in [0.25, 0.3) is 0 Å². The van der Waals surface area contributed by atoms with Gasteiger partial charge in [0.25, 0.3) is 0 Å². The number of urea groups is 1. The zero-order valence-corrected chi connectivity index (χ0v) is 18.7. The van der Waals surface area contributed by atoms with E-state index in [1.54, 1.807) is 0 Å². The maximum atomic E-state index is 12.6. The van der Waals surface area contributed by atoms with Gasteiger partial charge in [-0.1, -0.05) is 42.5 Å². The normalized spacial score (nSPS) is 17.4. The summed E-state index contributed by atoms with van der Waals surface area (Å²) in [7, 11) is 0. The molecule has 164 valence electrons. The molecular weight excluding hydrogens is 408 g/mol. The molecule has 2 saturated heterocycles. The maximum Gasteiger partial charge on any atom is 0.321 e. The Morgan fingerprint density at radius 1 is 0.774 bits per heavy atom. The van der Waals surface area contributed by atoms with E-state index in [1.165, 1.54) is 5.56 Å². The minimum atomic E-state index is -0.0611. The van der Waals surface area contributed by atoms with E-state index in [0.29, 0.717) is 6.42 Å². The van der Waals surface area contributed by atoms with Crippen LogP contribution in [-0.4, -0.2) is 77.4 Å². The standard InChI is InChI=1S/C24H30N4O2S/c29-23(27-14-16-31-17-15-27)18-20-6-8-22(9-7-20)25-24(30)28-12-10-26(11-13-28)19-21-4-2-1-3-5-21/h1-9H,10-19H2,(H,25,30). The van der Waals surface area contributed by atoms with Gasteiger partial charge in [0.05, 0.1) is 6.42 Å². The third-order valence-electron chi connectivity index (χ3n) is 5.83. The predicted molar refractivity (Wildman–Crippen MR) is 126 cm³/mol. The zero-order chi connectivity index (χ0) is 21.5. The van der Waals surface area contributed by atoms with Crippen molar-refractivity contribution in [2.75, 3.05) is 56.1 Å². The Labute approximate surface area is 188 Å². The molecule has 3 amide bonds. The number of nitrogens with one attached hydrogen (secondary N) is 1. The zero-order valence-electron chi connectivity index (χ0n) is 17.8. The van der Waals surface area contributed by atoms with Gasteiger partial charge in [0.1, 0.15) is 0 Å². The molecule has 0 bridgehead atoms. The molecule has 2 aromatic rings. The third-order valence-corrected chi connectivity index (χ3v) is 6.78. The molecule has 0 aromatic heterocycles. The molecule has 2 aliphatic rings. The summed E-state index contributed by atoms with van der Waals surface area (Å²) in [5.41, 5.74) is 3.05. The number of benzene rings is 2. The summed E-state index contributed by atoms with van der Waals surface area (Å²) in [6.07, 6.45) is 0.419. The summed E-state index contributed by atoms with van der Waals surface area (Å²) in [6, 6.07) is 18.0. The first-order valence-corrected chi connectivity index (χ1v) is 12.1. The average Bonchev–Trinajstić information content (AvgIpc) is 2.82. The first-order valence-electron chi connectivity index (χ1n) is 10.9. The number of thioether (sulfide) groups is 1. The molecule has 2 aromatic carbocycles. The van der Waals surface area contributed by atoms with Crippen molar-refractivity contribution in [2.24, 2.45) is 0 Å². The van der Waals surface area contributed by atoms with Crippen molar-refractivity contribution in [1.82, 2.24) is 14.7 Å². The monoisotopic (exact) mass is 438 g/mol. The van der Waals surface area contributed by atoms with Gasteiger partial charge in [-0.25, -0.2) is 4.79 Å². The molecule has 4 rings (SSSR count). The quantitative estimate of drug-likeness (QED) is 0.779. The summed E-state index contributed by atoms with van der Waals surface area (Å²) in [4.78, 5) is 31.2. The molecular formula is C24H30N4O2S. The molecule has 7 heteroatoms. The Kier molecular flexibility index (Phi) is 7.48. The Morgan fingerprint density at radius 2 is 1.45 bits per heavy atom. The van der Waals surface area contributed by atoms with Crippen LogP contribution in [-0.2, 0) is 17.8 Å².